The third kappa shape index (κ3) is 4.41. The van der Waals surface area contributed by atoms with E-state index < -0.39 is 0 Å². The predicted molar refractivity (Wildman–Crippen MR) is 115 cm³/mol. The van der Waals surface area contributed by atoms with Crippen molar-refractivity contribution >= 4 is 28.5 Å². The lowest BCUT2D eigenvalue weighted by molar-refractivity contribution is -0.111. The van der Waals surface area contributed by atoms with Crippen molar-refractivity contribution in [2.24, 2.45) is 0 Å². The van der Waals surface area contributed by atoms with Crippen molar-refractivity contribution in [3.05, 3.63) is 84.0 Å². The maximum absolute atomic E-state index is 12.2. The van der Waals surface area contributed by atoms with Crippen LogP contribution >= 0.6 is 11.3 Å². The first-order chi connectivity index (χ1) is 14.2. The first kappa shape index (κ1) is 18.6. The van der Waals surface area contributed by atoms with E-state index in [2.05, 4.69) is 10.3 Å². The van der Waals surface area contributed by atoms with Crippen molar-refractivity contribution in [3.8, 4) is 22.7 Å². The Bertz CT molecular complexity index is 1120. The molecule has 0 atom stereocenters. The van der Waals surface area contributed by atoms with Gasteiger partial charge < -0.3 is 4.74 Å². The molecule has 0 aliphatic rings. The standard InChI is InChI=1S/C22H18N4O2S/c1-28-19-10-7-16(8-11-19)21-17(9-12-20(27)24-22-23-13-14-29-22)15-26(25-21)18-5-3-2-4-6-18/h2-15H,1H3,(H,23,24,27). The van der Waals surface area contributed by atoms with Crippen LogP contribution in [0.5, 0.6) is 5.75 Å². The van der Waals surface area contributed by atoms with Gasteiger partial charge in [0.15, 0.2) is 5.13 Å². The van der Waals surface area contributed by atoms with Crippen molar-refractivity contribution in [1.82, 2.24) is 14.8 Å². The van der Waals surface area contributed by atoms with E-state index in [4.69, 9.17) is 9.84 Å². The molecule has 0 fully saturated rings. The van der Waals surface area contributed by atoms with Gasteiger partial charge in [0.1, 0.15) is 5.75 Å². The number of ether oxygens (including phenoxy) is 1. The molecular weight excluding hydrogens is 384 g/mol. The highest BCUT2D eigenvalue weighted by Crippen LogP contribution is 2.26. The number of carbonyl (C=O) groups is 1. The van der Waals surface area contributed by atoms with Crippen molar-refractivity contribution in [2.75, 3.05) is 12.4 Å². The summed E-state index contributed by atoms with van der Waals surface area (Å²) in [6.07, 6.45) is 6.80. The molecule has 29 heavy (non-hydrogen) atoms. The number of nitrogens with zero attached hydrogens (tertiary/aromatic N) is 3. The second kappa shape index (κ2) is 8.53. The molecule has 1 amide bonds. The number of amides is 1. The SMILES string of the molecule is COc1ccc(-c2nn(-c3ccccc3)cc2C=CC(=O)Nc2nccs2)cc1. The van der Waals surface area contributed by atoms with Crippen LogP contribution in [0.4, 0.5) is 5.13 Å². The Hall–Kier alpha value is -3.71. The Balaban J connectivity index is 1.67. The molecule has 0 aliphatic carbocycles. The maximum atomic E-state index is 12.2. The topological polar surface area (TPSA) is 69.0 Å². The highest BCUT2D eigenvalue weighted by molar-refractivity contribution is 7.13. The van der Waals surface area contributed by atoms with E-state index in [1.165, 1.54) is 17.4 Å². The molecule has 1 N–H and O–H groups in total. The van der Waals surface area contributed by atoms with Crippen LogP contribution in [0, 0.1) is 0 Å². The molecule has 6 nitrogen and oxygen atoms in total. The third-order valence-electron chi connectivity index (χ3n) is 4.20. The number of aromatic nitrogens is 3. The smallest absolute Gasteiger partial charge is 0.250 e. The highest BCUT2D eigenvalue weighted by atomic mass is 32.1. The van der Waals surface area contributed by atoms with Gasteiger partial charge in [0.2, 0.25) is 5.91 Å². The molecule has 0 spiro atoms. The largest absolute Gasteiger partial charge is 0.497 e. The monoisotopic (exact) mass is 402 g/mol. The van der Waals surface area contributed by atoms with Crippen LogP contribution in [0.2, 0.25) is 0 Å². The van der Waals surface area contributed by atoms with Crippen molar-refractivity contribution < 1.29 is 9.53 Å². The van der Waals surface area contributed by atoms with Gasteiger partial charge >= 0.3 is 0 Å². The summed E-state index contributed by atoms with van der Waals surface area (Å²) in [5, 5.41) is 9.86. The Morgan fingerprint density at radius 1 is 1.14 bits per heavy atom. The summed E-state index contributed by atoms with van der Waals surface area (Å²) < 4.78 is 7.04. The average Bonchev–Trinajstić information content (AvgIpc) is 3.43. The zero-order chi connectivity index (χ0) is 20.1. The molecule has 2 aromatic carbocycles. The Kier molecular flexibility index (Phi) is 5.49. The highest BCUT2D eigenvalue weighted by Gasteiger charge is 2.11. The average molecular weight is 402 g/mol. The van der Waals surface area contributed by atoms with Crippen LogP contribution in [0.1, 0.15) is 5.56 Å². The lowest BCUT2D eigenvalue weighted by Crippen LogP contribution is -2.07. The number of methoxy groups -OCH3 is 1. The molecule has 2 aromatic heterocycles. The molecule has 2 heterocycles. The quantitative estimate of drug-likeness (QED) is 0.477. The first-order valence-electron chi connectivity index (χ1n) is 8.91. The summed E-state index contributed by atoms with van der Waals surface area (Å²) in [5.74, 6) is 0.532. The summed E-state index contributed by atoms with van der Waals surface area (Å²) in [6.45, 7) is 0. The molecule has 7 heteroatoms. The molecule has 0 radical (unpaired) electrons. The number of para-hydroxylation sites is 1. The van der Waals surface area contributed by atoms with Gasteiger partial charge in [-0.15, -0.1) is 11.3 Å². The summed E-state index contributed by atoms with van der Waals surface area (Å²) in [7, 11) is 1.63. The zero-order valence-electron chi connectivity index (χ0n) is 15.6. The summed E-state index contributed by atoms with van der Waals surface area (Å²) in [5.41, 5.74) is 3.47. The van der Waals surface area contributed by atoms with Gasteiger partial charge in [-0.2, -0.15) is 5.10 Å². The number of nitrogens with one attached hydrogen (secondary N) is 1. The Morgan fingerprint density at radius 3 is 2.62 bits per heavy atom. The second-order valence-corrected chi connectivity index (χ2v) is 7.00. The Morgan fingerprint density at radius 2 is 1.93 bits per heavy atom. The van der Waals surface area contributed by atoms with Gasteiger partial charge in [0, 0.05) is 35.0 Å². The van der Waals surface area contributed by atoms with Crippen molar-refractivity contribution in [3.63, 3.8) is 0 Å². The van der Waals surface area contributed by atoms with Gasteiger partial charge in [-0.25, -0.2) is 9.67 Å². The zero-order valence-corrected chi connectivity index (χ0v) is 16.5. The van der Waals surface area contributed by atoms with E-state index in [0.717, 1.165) is 28.3 Å². The number of carbonyl (C=O) groups excluding carboxylic acids is 1. The lowest BCUT2D eigenvalue weighted by Gasteiger charge is -2.02. The number of hydrogen-bond donors (Lipinski definition) is 1. The van der Waals surface area contributed by atoms with E-state index in [-0.39, 0.29) is 5.91 Å². The van der Waals surface area contributed by atoms with Crippen molar-refractivity contribution in [1.29, 1.82) is 0 Å². The van der Waals surface area contributed by atoms with Gasteiger partial charge in [0.05, 0.1) is 18.5 Å². The van der Waals surface area contributed by atoms with Gasteiger partial charge in [0.25, 0.3) is 0 Å². The summed E-state index contributed by atoms with van der Waals surface area (Å²) >= 11 is 1.37. The fraction of sp³-hybridized carbons (Fsp3) is 0.0455. The van der Waals surface area contributed by atoms with Crippen LogP contribution in [-0.2, 0) is 4.79 Å². The first-order valence-corrected chi connectivity index (χ1v) is 9.79. The minimum absolute atomic E-state index is 0.243. The third-order valence-corrected chi connectivity index (χ3v) is 4.89. The fourth-order valence-electron chi connectivity index (χ4n) is 2.79. The molecule has 0 saturated heterocycles. The number of benzene rings is 2. The molecule has 0 unspecified atom stereocenters. The molecule has 4 aromatic rings. The number of thiazole rings is 1. The molecular formula is C22H18N4O2S. The lowest BCUT2D eigenvalue weighted by atomic mass is 10.1. The maximum Gasteiger partial charge on any atom is 0.250 e. The van der Waals surface area contributed by atoms with E-state index >= 15 is 0 Å². The fourth-order valence-corrected chi connectivity index (χ4v) is 3.33. The van der Waals surface area contributed by atoms with Crippen LogP contribution in [0.25, 0.3) is 23.0 Å². The molecule has 4 rings (SSSR count). The molecule has 0 bridgehead atoms. The molecule has 144 valence electrons. The van der Waals surface area contributed by atoms with Crippen LogP contribution in [-0.4, -0.2) is 27.8 Å². The number of rotatable bonds is 6. The van der Waals surface area contributed by atoms with E-state index in [0.29, 0.717) is 5.13 Å². The molecule has 0 saturated carbocycles. The predicted octanol–water partition coefficient (Wildman–Crippen LogP) is 4.66. The molecule has 0 aliphatic heterocycles. The normalized spacial score (nSPS) is 10.9. The van der Waals surface area contributed by atoms with Gasteiger partial charge in [-0.05, 0) is 42.5 Å². The van der Waals surface area contributed by atoms with Crippen molar-refractivity contribution in [2.45, 2.75) is 0 Å². The number of hydrogen-bond acceptors (Lipinski definition) is 5. The second-order valence-electron chi connectivity index (χ2n) is 6.10. The van der Waals surface area contributed by atoms with Gasteiger partial charge in [-0.1, -0.05) is 18.2 Å². The van der Waals surface area contributed by atoms with E-state index in [1.807, 2.05) is 66.2 Å². The van der Waals surface area contributed by atoms with Gasteiger partial charge in [-0.3, -0.25) is 10.1 Å². The summed E-state index contributed by atoms with van der Waals surface area (Å²) in [4.78, 5) is 16.3. The van der Waals surface area contributed by atoms with E-state index in [9.17, 15) is 4.79 Å². The minimum atomic E-state index is -0.243. The van der Waals surface area contributed by atoms with Crippen LogP contribution in [0.3, 0.4) is 0 Å². The van der Waals surface area contributed by atoms with Crippen LogP contribution < -0.4 is 10.1 Å². The van der Waals surface area contributed by atoms with E-state index in [1.54, 1.807) is 24.1 Å². The Labute approximate surface area is 172 Å². The number of anilines is 1. The minimum Gasteiger partial charge on any atom is -0.497 e. The summed E-state index contributed by atoms with van der Waals surface area (Å²) in [6, 6.07) is 17.5. The van der Waals surface area contributed by atoms with Crippen LogP contribution in [0.15, 0.2) is 78.4 Å².